The van der Waals surface area contributed by atoms with E-state index in [9.17, 15) is 4.79 Å². The number of rotatable bonds is 3. The lowest BCUT2D eigenvalue weighted by atomic mass is 10.1. The van der Waals surface area contributed by atoms with E-state index in [1.807, 2.05) is 24.3 Å². The van der Waals surface area contributed by atoms with Crippen LogP contribution >= 0.6 is 0 Å². The number of hydrogen-bond acceptors (Lipinski definition) is 2. The van der Waals surface area contributed by atoms with Crippen LogP contribution < -0.4 is 0 Å². The first-order valence-corrected chi connectivity index (χ1v) is 3.68. The van der Waals surface area contributed by atoms with Gasteiger partial charge in [-0.05, 0) is 17.2 Å². The first kappa shape index (κ1) is 8.68. The van der Waals surface area contributed by atoms with Crippen molar-refractivity contribution in [2.45, 2.75) is 6.61 Å². The quantitative estimate of drug-likeness (QED) is 0.538. The molecule has 0 aliphatic heterocycles. The van der Waals surface area contributed by atoms with Gasteiger partial charge in [-0.15, -0.1) is 0 Å². The van der Waals surface area contributed by atoms with Crippen molar-refractivity contribution in [3.05, 3.63) is 41.5 Å². The maximum atomic E-state index is 9.97. The standard InChI is InChI=1S/C10H10O2/c11-7-1-2-9-3-5-10(8-12)6-4-9/h1-7,12H,8H2/b2-1+. The zero-order chi connectivity index (χ0) is 8.81. The first-order chi connectivity index (χ1) is 5.86. The minimum atomic E-state index is 0.0532. The molecule has 1 rings (SSSR count). The number of carbonyl (C=O) groups excluding carboxylic acids is 1. The Kier molecular flexibility index (Phi) is 3.23. The fraction of sp³-hybridized carbons (Fsp3) is 0.100. The van der Waals surface area contributed by atoms with Gasteiger partial charge in [0.05, 0.1) is 6.61 Å². The van der Waals surface area contributed by atoms with E-state index < -0.39 is 0 Å². The van der Waals surface area contributed by atoms with Crippen molar-refractivity contribution >= 4 is 12.4 Å². The molecule has 1 aromatic rings. The molecule has 0 heterocycles. The fourth-order valence-corrected chi connectivity index (χ4v) is 0.885. The molecular formula is C10H10O2. The van der Waals surface area contributed by atoms with Crippen LogP contribution in [0.2, 0.25) is 0 Å². The molecule has 0 saturated carbocycles. The Labute approximate surface area is 71.2 Å². The molecule has 0 spiro atoms. The highest BCUT2D eigenvalue weighted by Crippen LogP contribution is 2.05. The number of hydrogen-bond donors (Lipinski definition) is 1. The molecule has 0 radical (unpaired) electrons. The summed E-state index contributed by atoms with van der Waals surface area (Å²) in [7, 11) is 0. The van der Waals surface area contributed by atoms with E-state index in [-0.39, 0.29) is 6.61 Å². The topological polar surface area (TPSA) is 37.3 Å². The molecule has 0 fully saturated rings. The Morgan fingerprint density at radius 3 is 2.42 bits per heavy atom. The Morgan fingerprint density at radius 1 is 1.25 bits per heavy atom. The minimum Gasteiger partial charge on any atom is -0.392 e. The minimum absolute atomic E-state index is 0.0532. The van der Waals surface area contributed by atoms with Gasteiger partial charge in [0.1, 0.15) is 6.29 Å². The molecule has 0 unspecified atom stereocenters. The number of carbonyl (C=O) groups is 1. The summed E-state index contributed by atoms with van der Waals surface area (Å²) < 4.78 is 0. The summed E-state index contributed by atoms with van der Waals surface area (Å²) in [6.07, 6.45) is 3.89. The molecule has 2 nitrogen and oxygen atoms in total. The van der Waals surface area contributed by atoms with Crippen molar-refractivity contribution in [1.82, 2.24) is 0 Å². The monoisotopic (exact) mass is 162 g/mol. The maximum Gasteiger partial charge on any atom is 0.142 e. The SMILES string of the molecule is O=C/C=C/c1ccc(CO)cc1. The normalized spacial score (nSPS) is 10.4. The number of aldehydes is 1. The summed E-state index contributed by atoms with van der Waals surface area (Å²) >= 11 is 0. The molecule has 0 aliphatic carbocycles. The second kappa shape index (κ2) is 4.46. The second-order valence-electron chi connectivity index (χ2n) is 2.39. The molecule has 1 N–H and O–H groups in total. The highest BCUT2D eigenvalue weighted by molar-refractivity contribution is 5.73. The average molecular weight is 162 g/mol. The highest BCUT2D eigenvalue weighted by atomic mass is 16.3. The van der Waals surface area contributed by atoms with E-state index in [0.29, 0.717) is 0 Å². The molecule has 0 bridgehead atoms. The Bertz CT molecular complexity index is 272. The summed E-state index contributed by atoms with van der Waals surface area (Å²) in [5.41, 5.74) is 1.83. The van der Waals surface area contributed by atoms with Crippen LogP contribution in [0.25, 0.3) is 6.08 Å². The second-order valence-corrected chi connectivity index (χ2v) is 2.39. The smallest absolute Gasteiger partial charge is 0.142 e. The molecule has 1 aromatic carbocycles. The number of aliphatic hydroxyl groups excluding tert-OH is 1. The van der Waals surface area contributed by atoms with Crippen molar-refractivity contribution in [2.75, 3.05) is 0 Å². The van der Waals surface area contributed by atoms with Crippen LogP contribution in [0.4, 0.5) is 0 Å². The molecule has 0 amide bonds. The van der Waals surface area contributed by atoms with Crippen LogP contribution in [0.5, 0.6) is 0 Å². The van der Waals surface area contributed by atoms with Gasteiger partial charge in [-0.3, -0.25) is 4.79 Å². The summed E-state index contributed by atoms with van der Waals surface area (Å²) in [5, 5.41) is 8.73. The Hall–Kier alpha value is -1.41. The summed E-state index contributed by atoms with van der Waals surface area (Å²) in [4.78, 5) is 9.97. The van der Waals surface area contributed by atoms with Gasteiger partial charge in [-0.2, -0.15) is 0 Å². The van der Waals surface area contributed by atoms with E-state index in [1.165, 1.54) is 6.08 Å². The highest BCUT2D eigenvalue weighted by Gasteiger charge is 1.88. The molecule has 0 aromatic heterocycles. The number of aliphatic hydroxyl groups is 1. The van der Waals surface area contributed by atoms with Crippen molar-refractivity contribution < 1.29 is 9.90 Å². The van der Waals surface area contributed by atoms with Gasteiger partial charge in [-0.25, -0.2) is 0 Å². The molecule has 62 valence electrons. The van der Waals surface area contributed by atoms with Gasteiger partial charge in [0, 0.05) is 0 Å². The number of benzene rings is 1. The predicted octanol–water partition coefficient (Wildman–Crippen LogP) is 1.39. The molecule has 12 heavy (non-hydrogen) atoms. The lowest BCUT2D eigenvalue weighted by molar-refractivity contribution is -0.104. The summed E-state index contributed by atoms with van der Waals surface area (Å²) in [6, 6.07) is 7.35. The number of allylic oxidation sites excluding steroid dienone is 1. The van der Waals surface area contributed by atoms with Gasteiger partial charge in [-0.1, -0.05) is 30.3 Å². The van der Waals surface area contributed by atoms with Crippen LogP contribution in [-0.2, 0) is 11.4 Å². The van der Waals surface area contributed by atoms with Crippen molar-refractivity contribution in [2.24, 2.45) is 0 Å². The molecular weight excluding hydrogens is 152 g/mol. The molecule has 0 saturated heterocycles. The van der Waals surface area contributed by atoms with E-state index >= 15 is 0 Å². The van der Waals surface area contributed by atoms with E-state index in [1.54, 1.807) is 6.08 Å². The molecule has 0 aliphatic rings. The van der Waals surface area contributed by atoms with Crippen LogP contribution in [0, 0.1) is 0 Å². The van der Waals surface area contributed by atoms with E-state index in [4.69, 9.17) is 5.11 Å². The van der Waals surface area contributed by atoms with E-state index in [0.717, 1.165) is 17.4 Å². The van der Waals surface area contributed by atoms with E-state index in [2.05, 4.69) is 0 Å². The average Bonchev–Trinajstić information content (AvgIpc) is 2.15. The maximum absolute atomic E-state index is 9.97. The largest absolute Gasteiger partial charge is 0.392 e. The summed E-state index contributed by atoms with van der Waals surface area (Å²) in [5.74, 6) is 0. The lowest BCUT2D eigenvalue weighted by Gasteiger charge is -1.95. The van der Waals surface area contributed by atoms with Crippen LogP contribution in [-0.4, -0.2) is 11.4 Å². The third kappa shape index (κ3) is 2.32. The third-order valence-electron chi connectivity index (χ3n) is 1.53. The van der Waals surface area contributed by atoms with Gasteiger partial charge in [0.2, 0.25) is 0 Å². The van der Waals surface area contributed by atoms with Gasteiger partial charge < -0.3 is 5.11 Å². The molecule has 0 atom stereocenters. The molecule has 2 heteroatoms. The van der Waals surface area contributed by atoms with Crippen LogP contribution in [0.1, 0.15) is 11.1 Å². The van der Waals surface area contributed by atoms with Crippen LogP contribution in [0.3, 0.4) is 0 Å². The predicted molar refractivity (Wildman–Crippen MR) is 47.5 cm³/mol. The first-order valence-electron chi connectivity index (χ1n) is 3.68. The lowest BCUT2D eigenvalue weighted by Crippen LogP contribution is -1.81. The van der Waals surface area contributed by atoms with Crippen molar-refractivity contribution in [3.63, 3.8) is 0 Å². The third-order valence-corrected chi connectivity index (χ3v) is 1.53. The zero-order valence-electron chi connectivity index (χ0n) is 6.60. The Morgan fingerprint density at radius 2 is 1.92 bits per heavy atom. The van der Waals surface area contributed by atoms with Gasteiger partial charge in [0.25, 0.3) is 0 Å². The Balaban J connectivity index is 2.77. The van der Waals surface area contributed by atoms with Crippen molar-refractivity contribution in [3.8, 4) is 0 Å². The van der Waals surface area contributed by atoms with Gasteiger partial charge >= 0.3 is 0 Å². The van der Waals surface area contributed by atoms with Gasteiger partial charge in [0.15, 0.2) is 0 Å². The summed E-state index contributed by atoms with van der Waals surface area (Å²) in [6.45, 7) is 0.0532. The van der Waals surface area contributed by atoms with Crippen molar-refractivity contribution in [1.29, 1.82) is 0 Å². The fourth-order valence-electron chi connectivity index (χ4n) is 0.885. The zero-order valence-corrected chi connectivity index (χ0v) is 6.60. The van der Waals surface area contributed by atoms with Crippen LogP contribution in [0.15, 0.2) is 30.3 Å².